The van der Waals surface area contributed by atoms with Gasteiger partial charge in [0.2, 0.25) is 5.91 Å². The highest BCUT2D eigenvalue weighted by molar-refractivity contribution is 7.92. The Bertz CT molecular complexity index is 1390. The first-order valence-corrected chi connectivity index (χ1v) is 13.5. The number of carbonyl (C=O) groups excluding carboxylic acids is 2. The molecule has 2 aromatic rings. The van der Waals surface area contributed by atoms with Gasteiger partial charge in [0.25, 0.3) is 10.0 Å². The molecule has 2 amide bonds. The van der Waals surface area contributed by atoms with Crippen molar-refractivity contribution in [2.45, 2.75) is 62.6 Å². The van der Waals surface area contributed by atoms with Crippen molar-refractivity contribution in [2.75, 3.05) is 22.7 Å². The van der Waals surface area contributed by atoms with Crippen LogP contribution in [0.3, 0.4) is 0 Å². The highest BCUT2D eigenvalue weighted by atomic mass is 32.2. The predicted molar refractivity (Wildman–Crippen MR) is 135 cm³/mol. The predicted octanol–water partition coefficient (Wildman–Crippen LogP) is 5.47. The molecule has 0 radical (unpaired) electrons. The van der Waals surface area contributed by atoms with Crippen LogP contribution >= 0.6 is 0 Å². The van der Waals surface area contributed by atoms with Gasteiger partial charge in [0.15, 0.2) is 0 Å². The molecule has 1 aliphatic rings. The zero-order valence-electron chi connectivity index (χ0n) is 22.0. The Morgan fingerprint density at radius 3 is 2.34 bits per heavy atom. The maximum absolute atomic E-state index is 13.6. The number of alkyl halides is 6. The second-order valence-electron chi connectivity index (χ2n) is 10.0. The summed E-state index contributed by atoms with van der Waals surface area (Å²) in [5.74, 6) is -0.961. The highest BCUT2D eigenvalue weighted by Crippen LogP contribution is 2.40. The van der Waals surface area contributed by atoms with E-state index in [1.54, 1.807) is 20.8 Å². The van der Waals surface area contributed by atoms with Crippen LogP contribution in [-0.4, -0.2) is 51.4 Å². The Labute approximate surface area is 231 Å². The minimum absolute atomic E-state index is 0.0641. The summed E-state index contributed by atoms with van der Waals surface area (Å²) in [6.07, 6.45) is -13.3. The maximum atomic E-state index is 13.6. The monoisotopic (exact) mass is 611 g/mol. The number of nitrogens with zero attached hydrogens (tertiary/aromatic N) is 1. The van der Waals surface area contributed by atoms with E-state index in [1.165, 1.54) is 18.2 Å². The molecule has 41 heavy (non-hydrogen) atoms. The molecule has 1 aliphatic heterocycles. The van der Waals surface area contributed by atoms with Crippen molar-refractivity contribution in [1.29, 1.82) is 0 Å². The van der Waals surface area contributed by atoms with E-state index in [-0.39, 0.29) is 17.1 Å². The Kier molecular flexibility index (Phi) is 9.05. The van der Waals surface area contributed by atoms with Crippen LogP contribution in [0.15, 0.2) is 47.4 Å². The molecule has 0 saturated heterocycles. The molecule has 0 unspecified atom stereocenters. The highest BCUT2D eigenvalue weighted by Gasteiger charge is 2.38. The molecule has 2 N–H and O–H groups in total. The van der Waals surface area contributed by atoms with Crippen molar-refractivity contribution >= 4 is 33.4 Å². The summed E-state index contributed by atoms with van der Waals surface area (Å²) in [5, 5.41) is 4.50. The smallest absolute Gasteiger partial charge is 0.416 e. The van der Waals surface area contributed by atoms with Crippen LogP contribution in [0.25, 0.3) is 0 Å². The van der Waals surface area contributed by atoms with E-state index >= 15 is 0 Å². The lowest BCUT2D eigenvalue weighted by atomic mass is 10.1. The summed E-state index contributed by atoms with van der Waals surface area (Å²) in [6, 6.07) is 6.83. The summed E-state index contributed by atoms with van der Waals surface area (Å²) < 4.78 is 116. The topological polar surface area (TPSA) is 114 Å². The summed E-state index contributed by atoms with van der Waals surface area (Å²) in [6.45, 7) is 3.58. The van der Waals surface area contributed by atoms with E-state index in [1.807, 2.05) is 0 Å². The van der Waals surface area contributed by atoms with Gasteiger partial charge in [-0.05, 0) is 57.2 Å². The lowest BCUT2D eigenvalue weighted by molar-refractivity contribution is -0.138. The van der Waals surface area contributed by atoms with Gasteiger partial charge in [0.05, 0.1) is 35.5 Å². The third-order valence-corrected chi connectivity index (χ3v) is 7.20. The molecule has 16 heteroatoms. The van der Waals surface area contributed by atoms with Gasteiger partial charge in [-0.3, -0.25) is 14.4 Å². The molecule has 0 bridgehead atoms. The van der Waals surface area contributed by atoms with Crippen molar-refractivity contribution in [3.05, 3.63) is 48.0 Å². The minimum atomic E-state index is -4.84. The second-order valence-corrected chi connectivity index (χ2v) is 11.9. The third-order valence-electron chi connectivity index (χ3n) is 5.43. The Morgan fingerprint density at radius 2 is 1.73 bits per heavy atom. The van der Waals surface area contributed by atoms with Crippen LogP contribution in [-0.2, 0) is 25.7 Å². The molecule has 0 saturated carbocycles. The normalized spacial score (nSPS) is 15.9. The number of fused-ring (bicyclic) bond motifs is 1. The largest absolute Gasteiger partial charge is 0.486 e. The van der Waals surface area contributed by atoms with E-state index in [2.05, 4.69) is 10.6 Å². The number of benzene rings is 2. The number of hydrogen-bond donors (Lipinski definition) is 2. The molecule has 3 rings (SSSR count). The number of rotatable bonds is 7. The average molecular weight is 612 g/mol. The Hall–Kier alpha value is -3.69. The van der Waals surface area contributed by atoms with Crippen LogP contribution < -0.4 is 19.7 Å². The fourth-order valence-electron chi connectivity index (χ4n) is 3.73. The zero-order chi connectivity index (χ0) is 30.8. The van der Waals surface area contributed by atoms with Crippen LogP contribution in [0, 0.1) is 0 Å². The number of amides is 2. The van der Waals surface area contributed by atoms with Gasteiger partial charge in [0, 0.05) is 12.2 Å². The van der Waals surface area contributed by atoms with Crippen molar-refractivity contribution in [1.82, 2.24) is 5.32 Å². The molecule has 1 atom stereocenters. The molecule has 0 aromatic heterocycles. The number of halogens is 6. The molecule has 2 aromatic carbocycles. The van der Waals surface area contributed by atoms with Gasteiger partial charge in [-0.2, -0.15) is 26.3 Å². The van der Waals surface area contributed by atoms with Gasteiger partial charge >= 0.3 is 18.4 Å². The van der Waals surface area contributed by atoms with E-state index in [0.29, 0.717) is 12.1 Å². The van der Waals surface area contributed by atoms with E-state index in [9.17, 15) is 44.3 Å². The first-order valence-electron chi connectivity index (χ1n) is 12.1. The van der Waals surface area contributed by atoms with Crippen LogP contribution in [0.1, 0.15) is 39.2 Å². The van der Waals surface area contributed by atoms with E-state index in [4.69, 9.17) is 9.47 Å². The molecule has 0 fully saturated rings. The molecule has 1 heterocycles. The molecular weight excluding hydrogens is 584 g/mol. The van der Waals surface area contributed by atoms with Crippen molar-refractivity contribution < 1.29 is 53.8 Å². The SMILES string of the molecule is CC(C)(C)OC(=O)Nc1ccc2c(c1)N(S(=O)(=O)c1cccc(C(F)(F)F)c1)C[C@H](CC(=O)NCCC(F)(F)F)O2. The van der Waals surface area contributed by atoms with Gasteiger partial charge < -0.3 is 14.8 Å². The molecular formula is C25H27F6N3O6S. The molecule has 0 aliphatic carbocycles. The molecule has 226 valence electrons. The van der Waals surface area contributed by atoms with Gasteiger partial charge in [-0.15, -0.1) is 0 Å². The number of anilines is 2. The Balaban J connectivity index is 1.95. The number of carbonyl (C=O) groups is 2. The molecule has 0 spiro atoms. The zero-order valence-corrected chi connectivity index (χ0v) is 22.8. The van der Waals surface area contributed by atoms with Gasteiger partial charge in [-0.25, -0.2) is 13.2 Å². The summed E-state index contributed by atoms with van der Waals surface area (Å²) in [7, 11) is -4.71. The van der Waals surface area contributed by atoms with Crippen LogP contribution in [0.4, 0.5) is 42.5 Å². The summed E-state index contributed by atoms with van der Waals surface area (Å²) >= 11 is 0. The summed E-state index contributed by atoms with van der Waals surface area (Å²) in [5.41, 5.74) is -2.17. The van der Waals surface area contributed by atoms with E-state index < -0.39 is 82.5 Å². The van der Waals surface area contributed by atoms with Crippen LogP contribution in [0.5, 0.6) is 5.75 Å². The van der Waals surface area contributed by atoms with Gasteiger partial charge in [-0.1, -0.05) is 6.07 Å². The fraction of sp³-hybridized carbons (Fsp3) is 0.440. The van der Waals surface area contributed by atoms with E-state index in [0.717, 1.165) is 16.4 Å². The fourth-order valence-corrected chi connectivity index (χ4v) is 5.27. The third kappa shape index (κ3) is 8.90. The number of nitrogens with one attached hydrogen (secondary N) is 2. The number of sulfonamides is 1. The molecule has 9 nitrogen and oxygen atoms in total. The number of ether oxygens (including phenoxy) is 2. The van der Waals surface area contributed by atoms with Crippen molar-refractivity contribution in [3.8, 4) is 5.75 Å². The lowest BCUT2D eigenvalue weighted by Crippen LogP contribution is -2.45. The van der Waals surface area contributed by atoms with Crippen LogP contribution in [0.2, 0.25) is 0 Å². The first kappa shape index (κ1) is 31.8. The second kappa shape index (κ2) is 11.7. The maximum Gasteiger partial charge on any atom is 0.416 e. The van der Waals surface area contributed by atoms with Crippen molar-refractivity contribution in [3.63, 3.8) is 0 Å². The Morgan fingerprint density at radius 1 is 1.05 bits per heavy atom. The summed E-state index contributed by atoms with van der Waals surface area (Å²) in [4.78, 5) is 23.8. The standard InChI is InChI=1S/C25H27F6N3O6S/c1-23(2,3)40-22(36)33-16-7-8-20-19(12-16)34(14-17(39-20)13-21(35)32-10-9-24(26,27)28)41(37,38)18-6-4-5-15(11-18)25(29,30)31/h4-8,11-12,17H,9-10,13-14H2,1-3H3,(H,32,35)(H,33,36)/t17-/m0/s1. The number of hydrogen-bond acceptors (Lipinski definition) is 6. The quantitative estimate of drug-likeness (QED) is 0.402. The van der Waals surface area contributed by atoms with Crippen molar-refractivity contribution in [2.24, 2.45) is 0 Å². The average Bonchev–Trinajstić information content (AvgIpc) is 2.81. The lowest BCUT2D eigenvalue weighted by Gasteiger charge is -2.35. The van der Waals surface area contributed by atoms with Gasteiger partial charge in [0.1, 0.15) is 17.5 Å². The first-order chi connectivity index (χ1) is 18.7. The minimum Gasteiger partial charge on any atom is -0.486 e.